The molecular weight excluding hydrogens is 264 g/mol. The first-order valence-electron chi connectivity index (χ1n) is 6.48. The van der Waals surface area contributed by atoms with Crippen molar-refractivity contribution in [3.63, 3.8) is 0 Å². The van der Waals surface area contributed by atoms with Gasteiger partial charge >= 0.3 is 0 Å². The van der Waals surface area contributed by atoms with Crippen LogP contribution in [0.25, 0.3) is 0 Å². The maximum Gasteiger partial charge on any atom is 0.268 e. The van der Waals surface area contributed by atoms with E-state index in [1.165, 1.54) is 16.2 Å². The average Bonchev–Trinajstić information content (AvgIpc) is 2.44. The van der Waals surface area contributed by atoms with Crippen LogP contribution in [0.4, 0.5) is 0 Å². The van der Waals surface area contributed by atoms with Crippen LogP contribution in [-0.4, -0.2) is 20.0 Å². The Kier molecular flexibility index (Phi) is 3.89. The molecule has 0 atom stereocenters. The van der Waals surface area contributed by atoms with E-state index in [4.69, 9.17) is 12.2 Å². The zero-order valence-electron chi connectivity index (χ0n) is 11.2. The zero-order valence-corrected chi connectivity index (χ0v) is 12.0. The van der Waals surface area contributed by atoms with Gasteiger partial charge in [-0.3, -0.25) is 18.7 Å². The normalized spacial score (nSPS) is 16.5. The van der Waals surface area contributed by atoms with Gasteiger partial charge in [0.15, 0.2) is 10.6 Å². The lowest BCUT2D eigenvalue weighted by atomic mass is 9.84. The third-order valence-corrected chi connectivity index (χ3v) is 4.40. The molecule has 0 amide bonds. The van der Waals surface area contributed by atoms with E-state index in [9.17, 15) is 14.7 Å². The monoisotopic (exact) mass is 282 g/mol. The highest BCUT2D eigenvalue weighted by atomic mass is 32.1. The maximum absolute atomic E-state index is 12.4. The summed E-state index contributed by atoms with van der Waals surface area (Å²) in [6.45, 7) is 0. The summed E-state index contributed by atoms with van der Waals surface area (Å²) < 4.78 is 2.72. The van der Waals surface area contributed by atoms with Gasteiger partial charge in [0, 0.05) is 20.0 Å². The number of ketones is 1. The first kappa shape index (κ1) is 14.0. The topological polar surface area (TPSA) is 64.2 Å². The van der Waals surface area contributed by atoms with Gasteiger partial charge in [-0.15, -0.1) is 0 Å². The fraction of sp³-hybridized carbons (Fsp3) is 0.615. The van der Waals surface area contributed by atoms with Crippen molar-refractivity contribution >= 4 is 18.0 Å². The van der Waals surface area contributed by atoms with Gasteiger partial charge in [0.2, 0.25) is 5.88 Å². The molecular formula is C13H18N2O3S. The van der Waals surface area contributed by atoms with Gasteiger partial charge in [-0.2, -0.15) is 0 Å². The van der Waals surface area contributed by atoms with Crippen molar-refractivity contribution in [2.75, 3.05) is 0 Å². The van der Waals surface area contributed by atoms with Crippen molar-refractivity contribution in [1.82, 2.24) is 9.13 Å². The second-order valence-corrected chi connectivity index (χ2v) is 5.47. The van der Waals surface area contributed by atoms with Crippen LogP contribution >= 0.6 is 12.2 Å². The molecule has 0 saturated heterocycles. The van der Waals surface area contributed by atoms with E-state index in [1.807, 2.05) is 0 Å². The summed E-state index contributed by atoms with van der Waals surface area (Å²) in [7, 11) is 3.07. The molecule has 1 aliphatic carbocycles. The average molecular weight is 282 g/mol. The molecule has 104 valence electrons. The number of aromatic hydroxyl groups is 1. The van der Waals surface area contributed by atoms with Crippen molar-refractivity contribution in [2.45, 2.75) is 32.1 Å². The Balaban J connectivity index is 2.53. The Morgan fingerprint density at radius 2 is 1.79 bits per heavy atom. The summed E-state index contributed by atoms with van der Waals surface area (Å²) >= 11 is 5.03. The van der Waals surface area contributed by atoms with Crippen LogP contribution in [0.3, 0.4) is 0 Å². The second-order valence-electron chi connectivity index (χ2n) is 5.10. The quantitative estimate of drug-likeness (QED) is 0.665. The third kappa shape index (κ3) is 2.36. The minimum absolute atomic E-state index is 0.120. The molecule has 1 aromatic rings. The Labute approximate surface area is 116 Å². The molecule has 1 fully saturated rings. The van der Waals surface area contributed by atoms with Crippen LogP contribution in [-0.2, 0) is 14.1 Å². The van der Waals surface area contributed by atoms with Crippen LogP contribution in [0.2, 0.25) is 0 Å². The summed E-state index contributed by atoms with van der Waals surface area (Å²) in [5.41, 5.74) is -0.623. The van der Waals surface area contributed by atoms with E-state index in [2.05, 4.69) is 0 Å². The van der Waals surface area contributed by atoms with Crippen LogP contribution in [0.5, 0.6) is 5.88 Å². The first-order valence-corrected chi connectivity index (χ1v) is 6.89. The third-order valence-electron chi connectivity index (χ3n) is 3.86. The fourth-order valence-corrected chi connectivity index (χ4v) is 2.79. The van der Waals surface area contributed by atoms with E-state index in [-0.39, 0.29) is 27.9 Å². The Morgan fingerprint density at radius 3 is 2.37 bits per heavy atom. The van der Waals surface area contributed by atoms with Crippen LogP contribution in [0, 0.1) is 10.7 Å². The smallest absolute Gasteiger partial charge is 0.268 e. The standard InChI is InChI=1S/C13H18N2O3S/c1-14-11(17)9(12(18)15(2)13(14)19)10(16)8-6-4-3-5-7-8/h8,17H,3-7H2,1-2H3. The van der Waals surface area contributed by atoms with Crippen molar-refractivity contribution in [3.05, 3.63) is 20.7 Å². The molecule has 0 radical (unpaired) electrons. The number of hydrogen-bond acceptors (Lipinski definition) is 4. The van der Waals surface area contributed by atoms with Crippen molar-refractivity contribution in [1.29, 1.82) is 0 Å². The fourth-order valence-electron chi connectivity index (χ4n) is 2.62. The van der Waals surface area contributed by atoms with Crippen LogP contribution < -0.4 is 5.56 Å². The highest BCUT2D eigenvalue weighted by molar-refractivity contribution is 7.71. The summed E-state index contributed by atoms with van der Waals surface area (Å²) in [5.74, 6) is -0.713. The lowest BCUT2D eigenvalue weighted by molar-refractivity contribution is 0.0882. The molecule has 0 aromatic carbocycles. The molecule has 5 nitrogen and oxygen atoms in total. The number of hydrogen-bond donors (Lipinski definition) is 1. The van der Waals surface area contributed by atoms with Crippen LogP contribution in [0.1, 0.15) is 42.5 Å². The Hall–Kier alpha value is -1.43. The molecule has 2 rings (SSSR count). The van der Waals surface area contributed by atoms with Crippen molar-refractivity contribution in [3.8, 4) is 5.88 Å². The largest absolute Gasteiger partial charge is 0.494 e. The SMILES string of the molecule is Cn1c(O)c(C(=O)C2CCCCC2)c(=O)n(C)c1=S. The Morgan fingerprint density at radius 1 is 1.21 bits per heavy atom. The number of nitrogens with zero attached hydrogens (tertiary/aromatic N) is 2. The summed E-state index contributed by atoms with van der Waals surface area (Å²) in [4.78, 5) is 24.6. The van der Waals surface area contributed by atoms with E-state index < -0.39 is 5.56 Å². The number of aromatic nitrogens is 2. The van der Waals surface area contributed by atoms with E-state index in [0.717, 1.165) is 32.1 Å². The molecule has 19 heavy (non-hydrogen) atoms. The molecule has 0 bridgehead atoms. The first-order chi connectivity index (χ1) is 8.95. The molecule has 1 aromatic heterocycles. The van der Waals surface area contributed by atoms with Crippen molar-refractivity contribution < 1.29 is 9.90 Å². The van der Waals surface area contributed by atoms with Gasteiger partial charge in [-0.1, -0.05) is 19.3 Å². The number of Topliss-reactive ketones (excluding diaryl/α,β-unsaturated/α-hetero) is 1. The highest BCUT2D eigenvalue weighted by Gasteiger charge is 2.28. The summed E-state index contributed by atoms with van der Waals surface area (Å²) in [6.07, 6.45) is 4.72. The predicted molar refractivity (Wildman–Crippen MR) is 74.1 cm³/mol. The van der Waals surface area contributed by atoms with Gasteiger partial charge in [-0.25, -0.2) is 0 Å². The zero-order chi connectivity index (χ0) is 14.2. The van der Waals surface area contributed by atoms with Gasteiger partial charge in [0.05, 0.1) is 0 Å². The van der Waals surface area contributed by atoms with Gasteiger partial charge in [0.25, 0.3) is 5.56 Å². The molecule has 1 N–H and O–H groups in total. The lowest BCUT2D eigenvalue weighted by Gasteiger charge is -2.21. The predicted octanol–water partition coefficient (Wildman–Crippen LogP) is 1.92. The van der Waals surface area contributed by atoms with Crippen LogP contribution in [0.15, 0.2) is 4.79 Å². The van der Waals surface area contributed by atoms with E-state index in [1.54, 1.807) is 7.05 Å². The Bertz CT molecular complexity index is 624. The molecule has 6 heteroatoms. The van der Waals surface area contributed by atoms with Gasteiger partial charge in [-0.05, 0) is 25.1 Å². The second kappa shape index (κ2) is 5.28. The van der Waals surface area contributed by atoms with Gasteiger partial charge in [0.1, 0.15) is 5.56 Å². The van der Waals surface area contributed by atoms with E-state index in [0.29, 0.717) is 0 Å². The van der Waals surface area contributed by atoms with Gasteiger partial charge < -0.3 is 5.11 Å². The molecule has 0 aliphatic heterocycles. The molecule has 0 unspecified atom stereocenters. The minimum Gasteiger partial charge on any atom is -0.494 e. The molecule has 1 saturated carbocycles. The lowest BCUT2D eigenvalue weighted by Crippen LogP contribution is -2.31. The minimum atomic E-state index is -0.504. The molecule has 1 aliphatic rings. The number of carbonyl (C=O) groups is 1. The van der Waals surface area contributed by atoms with E-state index >= 15 is 0 Å². The summed E-state index contributed by atoms with van der Waals surface area (Å²) in [6, 6.07) is 0. The maximum atomic E-state index is 12.4. The number of rotatable bonds is 2. The highest BCUT2D eigenvalue weighted by Crippen LogP contribution is 2.28. The number of carbonyl (C=O) groups excluding carboxylic acids is 1. The molecule has 0 spiro atoms. The summed E-state index contributed by atoms with van der Waals surface area (Å²) in [5, 5.41) is 10.0. The molecule has 1 heterocycles. The van der Waals surface area contributed by atoms with Crippen molar-refractivity contribution in [2.24, 2.45) is 20.0 Å².